The minimum absolute atomic E-state index is 0.0938. The van der Waals surface area contributed by atoms with Gasteiger partial charge in [-0.2, -0.15) is 0 Å². The second kappa shape index (κ2) is 6.95. The zero-order chi connectivity index (χ0) is 15.4. The summed E-state index contributed by atoms with van der Waals surface area (Å²) in [7, 11) is 0. The maximum atomic E-state index is 12.0. The first-order valence-corrected chi connectivity index (χ1v) is 7.92. The number of carbonyl (C=O) groups excluding carboxylic acids is 1. The summed E-state index contributed by atoms with van der Waals surface area (Å²) in [6.45, 7) is 5.96. The average molecular weight is 325 g/mol. The highest BCUT2D eigenvalue weighted by Crippen LogP contribution is 2.24. The molecule has 1 aromatic heterocycles. The highest BCUT2D eigenvalue weighted by molar-refractivity contribution is 7.99. The molecule has 0 atom stereocenters. The van der Waals surface area contributed by atoms with Gasteiger partial charge in [0.1, 0.15) is 6.33 Å². The number of nitrogens with one attached hydrogen (secondary N) is 1. The number of amides is 1. The third-order valence-electron chi connectivity index (χ3n) is 2.97. The first kappa shape index (κ1) is 15.9. The van der Waals surface area contributed by atoms with Crippen molar-refractivity contribution in [2.45, 2.75) is 32.0 Å². The summed E-state index contributed by atoms with van der Waals surface area (Å²) in [5.41, 5.74) is 1.60. The second-order valence-electron chi connectivity index (χ2n) is 4.86. The van der Waals surface area contributed by atoms with Crippen LogP contribution in [0.1, 0.15) is 25.5 Å². The van der Waals surface area contributed by atoms with Crippen molar-refractivity contribution in [2.24, 2.45) is 0 Å². The van der Waals surface area contributed by atoms with E-state index in [-0.39, 0.29) is 17.7 Å². The first-order valence-electron chi connectivity index (χ1n) is 6.56. The number of rotatable bonds is 5. The summed E-state index contributed by atoms with van der Waals surface area (Å²) in [5.74, 6) is 0.181. The van der Waals surface area contributed by atoms with Crippen molar-refractivity contribution in [3.05, 3.63) is 35.1 Å². The van der Waals surface area contributed by atoms with Gasteiger partial charge in [-0.25, -0.2) is 0 Å². The van der Waals surface area contributed by atoms with Crippen LogP contribution in [0.4, 0.5) is 5.69 Å². The fourth-order valence-corrected chi connectivity index (χ4v) is 2.77. The number of halogens is 1. The first-order chi connectivity index (χ1) is 9.99. The number of hydrogen-bond acceptors (Lipinski definition) is 4. The fourth-order valence-electron chi connectivity index (χ4n) is 1.75. The van der Waals surface area contributed by atoms with Crippen molar-refractivity contribution in [1.29, 1.82) is 0 Å². The maximum absolute atomic E-state index is 12.0. The van der Waals surface area contributed by atoms with Gasteiger partial charge in [-0.1, -0.05) is 29.4 Å². The molecule has 0 saturated carbocycles. The Hall–Kier alpha value is -1.53. The van der Waals surface area contributed by atoms with E-state index in [1.165, 1.54) is 11.8 Å². The Morgan fingerprint density at radius 2 is 2.24 bits per heavy atom. The Kier molecular flexibility index (Phi) is 5.25. The Morgan fingerprint density at radius 1 is 1.48 bits per heavy atom. The maximum Gasteiger partial charge on any atom is 0.234 e. The van der Waals surface area contributed by atoms with Crippen molar-refractivity contribution in [2.75, 3.05) is 11.1 Å². The summed E-state index contributed by atoms with van der Waals surface area (Å²) in [6.07, 6.45) is 1.67. The van der Waals surface area contributed by atoms with Crippen molar-refractivity contribution >= 4 is 35.0 Å². The number of hydrogen-bond donors (Lipinski definition) is 1. The molecule has 1 aromatic carbocycles. The third-order valence-corrected chi connectivity index (χ3v) is 4.34. The molecule has 0 spiro atoms. The van der Waals surface area contributed by atoms with E-state index in [0.29, 0.717) is 5.02 Å². The quantitative estimate of drug-likeness (QED) is 0.854. The van der Waals surface area contributed by atoms with Gasteiger partial charge in [0, 0.05) is 16.8 Å². The van der Waals surface area contributed by atoms with E-state index in [1.54, 1.807) is 12.4 Å². The van der Waals surface area contributed by atoms with Gasteiger partial charge < -0.3 is 9.88 Å². The van der Waals surface area contributed by atoms with E-state index in [2.05, 4.69) is 15.5 Å². The van der Waals surface area contributed by atoms with E-state index in [0.717, 1.165) is 16.4 Å². The largest absolute Gasteiger partial charge is 0.325 e. The highest BCUT2D eigenvalue weighted by Gasteiger charge is 2.12. The van der Waals surface area contributed by atoms with Gasteiger partial charge >= 0.3 is 0 Å². The monoisotopic (exact) mass is 324 g/mol. The van der Waals surface area contributed by atoms with Gasteiger partial charge in [-0.3, -0.25) is 4.79 Å². The molecule has 112 valence electrons. The van der Waals surface area contributed by atoms with Gasteiger partial charge in [-0.15, -0.1) is 10.2 Å². The van der Waals surface area contributed by atoms with Crippen LogP contribution in [-0.2, 0) is 4.79 Å². The molecule has 2 rings (SSSR count). The van der Waals surface area contributed by atoms with E-state index in [4.69, 9.17) is 11.6 Å². The van der Waals surface area contributed by atoms with Crippen LogP contribution in [0.2, 0.25) is 5.02 Å². The number of anilines is 1. The van der Waals surface area contributed by atoms with E-state index < -0.39 is 0 Å². The van der Waals surface area contributed by atoms with Crippen LogP contribution >= 0.6 is 23.4 Å². The lowest BCUT2D eigenvalue weighted by Crippen LogP contribution is -2.15. The van der Waals surface area contributed by atoms with Gasteiger partial charge in [0.15, 0.2) is 5.16 Å². The van der Waals surface area contributed by atoms with Crippen molar-refractivity contribution in [3.63, 3.8) is 0 Å². The standard InChI is InChI=1S/C14H17ClN4OS/c1-9(2)19-8-16-18-14(19)21-7-13(20)17-12-6-4-5-11(15)10(12)3/h4-6,8-9H,7H2,1-3H3,(H,17,20). The summed E-state index contributed by atoms with van der Waals surface area (Å²) in [4.78, 5) is 12.0. The van der Waals surface area contributed by atoms with Crippen molar-refractivity contribution < 1.29 is 4.79 Å². The number of aromatic nitrogens is 3. The molecule has 21 heavy (non-hydrogen) atoms. The Morgan fingerprint density at radius 3 is 2.95 bits per heavy atom. The van der Waals surface area contributed by atoms with Gasteiger partial charge in [0.05, 0.1) is 5.75 Å². The third kappa shape index (κ3) is 3.98. The molecule has 0 aliphatic heterocycles. The summed E-state index contributed by atoms with van der Waals surface area (Å²) in [6, 6.07) is 5.71. The van der Waals surface area contributed by atoms with Crippen molar-refractivity contribution in [1.82, 2.24) is 14.8 Å². The molecule has 0 unspecified atom stereocenters. The molecular formula is C14H17ClN4OS. The second-order valence-corrected chi connectivity index (χ2v) is 6.21. The Balaban J connectivity index is 1.96. The highest BCUT2D eigenvalue weighted by atomic mass is 35.5. The summed E-state index contributed by atoms with van der Waals surface area (Å²) in [5, 5.41) is 12.1. The molecule has 0 aliphatic carbocycles. The Bertz CT molecular complexity index is 642. The lowest BCUT2D eigenvalue weighted by Gasteiger charge is -2.11. The van der Waals surface area contributed by atoms with Gasteiger partial charge in [0.2, 0.25) is 5.91 Å². The van der Waals surface area contributed by atoms with Crippen LogP contribution in [0.3, 0.4) is 0 Å². The minimum Gasteiger partial charge on any atom is -0.325 e. The van der Waals surface area contributed by atoms with Crippen LogP contribution in [0.15, 0.2) is 29.7 Å². The minimum atomic E-state index is -0.0938. The zero-order valence-corrected chi connectivity index (χ0v) is 13.7. The molecule has 0 radical (unpaired) electrons. The topological polar surface area (TPSA) is 59.8 Å². The number of thioether (sulfide) groups is 1. The van der Waals surface area contributed by atoms with E-state index in [1.807, 2.05) is 37.5 Å². The van der Waals surface area contributed by atoms with Crippen LogP contribution in [0.5, 0.6) is 0 Å². The molecule has 1 heterocycles. The molecule has 1 N–H and O–H groups in total. The fraction of sp³-hybridized carbons (Fsp3) is 0.357. The van der Waals surface area contributed by atoms with Crippen LogP contribution in [-0.4, -0.2) is 26.4 Å². The molecular weight excluding hydrogens is 308 g/mol. The lowest BCUT2D eigenvalue weighted by atomic mass is 10.2. The molecule has 1 amide bonds. The molecule has 0 bridgehead atoms. The van der Waals surface area contributed by atoms with Gasteiger partial charge in [0.25, 0.3) is 0 Å². The van der Waals surface area contributed by atoms with Crippen molar-refractivity contribution in [3.8, 4) is 0 Å². The smallest absolute Gasteiger partial charge is 0.234 e. The van der Waals surface area contributed by atoms with Crippen LogP contribution in [0.25, 0.3) is 0 Å². The predicted molar refractivity (Wildman–Crippen MR) is 85.9 cm³/mol. The SMILES string of the molecule is Cc1c(Cl)cccc1NC(=O)CSc1nncn1C(C)C. The predicted octanol–water partition coefficient (Wildman–Crippen LogP) is 3.55. The van der Waals surface area contributed by atoms with E-state index >= 15 is 0 Å². The average Bonchev–Trinajstić information content (AvgIpc) is 2.90. The van der Waals surface area contributed by atoms with Crippen LogP contribution < -0.4 is 5.32 Å². The normalized spacial score (nSPS) is 10.9. The molecule has 0 saturated heterocycles. The molecule has 5 nitrogen and oxygen atoms in total. The molecule has 0 aliphatic rings. The van der Waals surface area contributed by atoms with E-state index in [9.17, 15) is 4.79 Å². The lowest BCUT2D eigenvalue weighted by molar-refractivity contribution is -0.113. The zero-order valence-electron chi connectivity index (χ0n) is 12.1. The summed E-state index contributed by atoms with van der Waals surface area (Å²) >= 11 is 7.40. The van der Waals surface area contributed by atoms with Gasteiger partial charge in [-0.05, 0) is 38.5 Å². The summed E-state index contributed by atoms with van der Waals surface area (Å²) < 4.78 is 1.93. The molecule has 7 heteroatoms. The molecule has 0 fully saturated rings. The van der Waals surface area contributed by atoms with Crippen LogP contribution in [0, 0.1) is 6.92 Å². The number of carbonyl (C=O) groups is 1. The Labute approximate surface area is 133 Å². The molecule has 2 aromatic rings. The number of nitrogens with zero attached hydrogens (tertiary/aromatic N) is 3. The number of benzene rings is 1.